The number of piperidine rings is 3. The topological polar surface area (TPSA) is 45.2 Å². The number of aromatic nitrogens is 1. The summed E-state index contributed by atoms with van der Waals surface area (Å²) in [6.45, 7) is 3.39. The van der Waals surface area contributed by atoms with Crippen LogP contribution in [0.25, 0.3) is 10.2 Å². The molecule has 20 heavy (non-hydrogen) atoms. The van der Waals surface area contributed by atoms with Gasteiger partial charge in [0.25, 0.3) is 5.91 Å². The molecule has 1 aromatic carbocycles. The predicted molar refractivity (Wildman–Crippen MR) is 80.0 cm³/mol. The van der Waals surface area contributed by atoms with Gasteiger partial charge in [-0.25, -0.2) is 4.98 Å². The lowest BCUT2D eigenvalue weighted by Crippen LogP contribution is -2.57. The Kier molecular flexibility index (Phi) is 2.97. The summed E-state index contributed by atoms with van der Waals surface area (Å²) in [6.07, 6.45) is 2.43. The summed E-state index contributed by atoms with van der Waals surface area (Å²) in [5, 5.41) is 3.23. The Bertz CT molecular complexity index is 645. The van der Waals surface area contributed by atoms with E-state index in [2.05, 4.69) is 15.2 Å². The van der Waals surface area contributed by atoms with Crippen LogP contribution in [0, 0.1) is 5.92 Å². The molecule has 1 atom stereocenters. The van der Waals surface area contributed by atoms with Crippen LogP contribution in [-0.2, 0) is 0 Å². The molecule has 0 spiro atoms. The Hall–Kier alpha value is -1.46. The molecule has 1 aromatic heterocycles. The third-order valence-electron chi connectivity index (χ3n) is 4.58. The molecule has 4 nitrogen and oxygen atoms in total. The van der Waals surface area contributed by atoms with E-state index in [0.29, 0.717) is 17.5 Å². The second-order valence-corrected chi connectivity index (χ2v) is 6.61. The molecule has 3 saturated heterocycles. The van der Waals surface area contributed by atoms with Crippen molar-refractivity contribution in [2.24, 2.45) is 5.92 Å². The second kappa shape index (κ2) is 4.82. The average molecular weight is 287 g/mol. The van der Waals surface area contributed by atoms with E-state index in [0.717, 1.165) is 16.8 Å². The Balaban J connectivity index is 1.57. The third-order valence-corrected chi connectivity index (χ3v) is 5.37. The standard InChI is InChI=1S/C15H17N3OS/c19-15(11-2-1-3-13-14(11)16-9-20-13)17-12-8-18-6-4-10(12)5-7-18/h1-3,9-10,12H,4-8H2,(H,17,19). The SMILES string of the molecule is O=C(NC1CN2CCC1CC2)c1cccc2scnc12. The summed E-state index contributed by atoms with van der Waals surface area (Å²) in [7, 11) is 0. The molecular weight excluding hydrogens is 270 g/mol. The molecule has 2 bridgehead atoms. The third kappa shape index (κ3) is 2.01. The number of carbonyl (C=O) groups excluding carboxylic acids is 1. The molecular formula is C15H17N3OS. The van der Waals surface area contributed by atoms with Crippen molar-refractivity contribution in [1.82, 2.24) is 15.2 Å². The summed E-state index contributed by atoms with van der Waals surface area (Å²) in [5.41, 5.74) is 3.34. The Labute approximate surface area is 121 Å². The Morgan fingerprint density at radius 1 is 1.35 bits per heavy atom. The van der Waals surface area contributed by atoms with Gasteiger partial charge < -0.3 is 10.2 Å². The largest absolute Gasteiger partial charge is 0.348 e. The first-order chi connectivity index (χ1) is 9.81. The van der Waals surface area contributed by atoms with Crippen molar-refractivity contribution in [3.05, 3.63) is 29.3 Å². The first kappa shape index (κ1) is 12.3. The molecule has 0 radical (unpaired) electrons. The summed E-state index contributed by atoms with van der Waals surface area (Å²) in [4.78, 5) is 19.3. The molecule has 1 unspecified atom stereocenters. The first-order valence-corrected chi connectivity index (χ1v) is 8.04. The highest BCUT2D eigenvalue weighted by Gasteiger charge is 2.35. The van der Waals surface area contributed by atoms with Crippen LogP contribution in [0.2, 0.25) is 0 Å². The zero-order valence-corrected chi connectivity index (χ0v) is 12.0. The van der Waals surface area contributed by atoms with Gasteiger partial charge in [0.05, 0.1) is 21.3 Å². The van der Waals surface area contributed by atoms with Gasteiger partial charge in [0.1, 0.15) is 0 Å². The molecule has 0 saturated carbocycles. The molecule has 5 heteroatoms. The van der Waals surface area contributed by atoms with E-state index in [1.165, 1.54) is 25.9 Å². The summed E-state index contributed by atoms with van der Waals surface area (Å²) < 4.78 is 1.08. The Morgan fingerprint density at radius 2 is 2.20 bits per heavy atom. The van der Waals surface area contributed by atoms with Crippen LogP contribution in [-0.4, -0.2) is 41.5 Å². The van der Waals surface area contributed by atoms with Crippen molar-refractivity contribution in [2.75, 3.05) is 19.6 Å². The van der Waals surface area contributed by atoms with E-state index < -0.39 is 0 Å². The van der Waals surface area contributed by atoms with Crippen molar-refractivity contribution in [1.29, 1.82) is 0 Å². The van der Waals surface area contributed by atoms with Gasteiger partial charge in [0.15, 0.2) is 0 Å². The fourth-order valence-corrected chi connectivity index (χ4v) is 4.15. The fourth-order valence-electron chi connectivity index (χ4n) is 3.44. The van der Waals surface area contributed by atoms with E-state index in [-0.39, 0.29) is 5.91 Å². The van der Waals surface area contributed by atoms with Crippen LogP contribution in [0.4, 0.5) is 0 Å². The highest BCUT2D eigenvalue weighted by molar-refractivity contribution is 7.16. The van der Waals surface area contributed by atoms with Crippen molar-refractivity contribution in [3.8, 4) is 0 Å². The molecule has 0 aliphatic carbocycles. The van der Waals surface area contributed by atoms with Gasteiger partial charge in [-0.3, -0.25) is 4.79 Å². The van der Waals surface area contributed by atoms with Gasteiger partial charge in [-0.15, -0.1) is 11.3 Å². The average Bonchev–Trinajstić information content (AvgIpc) is 2.96. The van der Waals surface area contributed by atoms with Crippen molar-refractivity contribution in [3.63, 3.8) is 0 Å². The maximum absolute atomic E-state index is 12.5. The fraction of sp³-hybridized carbons (Fsp3) is 0.467. The number of nitrogens with zero attached hydrogens (tertiary/aromatic N) is 2. The van der Waals surface area contributed by atoms with Gasteiger partial charge in [-0.05, 0) is 44.0 Å². The minimum Gasteiger partial charge on any atom is -0.348 e. The van der Waals surface area contributed by atoms with Gasteiger partial charge in [0, 0.05) is 12.6 Å². The predicted octanol–water partition coefficient (Wildman–Crippen LogP) is 2.12. The van der Waals surface area contributed by atoms with E-state index >= 15 is 0 Å². The van der Waals surface area contributed by atoms with Crippen LogP contribution in [0.1, 0.15) is 23.2 Å². The number of fused-ring (bicyclic) bond motifs is 4. The minimum absolute atomic E-state index is 0.0280. The maximum Gasteiger partial charge on any atom is 0.253 e. The van der Waals surface area contributed by atoms with Crippen LogP contribution >= 0.6 is 11.3 Å². The summed E-state index contributed by atoms with van der Waals surface area (Å²) >= 11 is 1.58. The highest BCUT2D eigenvalue weighted by Crippen LogP contribution is 2.28. The van der Waals surface area contributed by atoms with E-state index in [1.54, 1.807) is 16.8 Å². The zero-order chi connectivity index (χ0) is 13.5. The van der Waals surface area contributed by atoms with Crippen molar-refractivity contribution >= 4 is 27.5 Å². The van der Waals surface area contributed by atoms with Gasteiger partial charge in [-0.2, -0.15) is 0 Å². The lowest BCUT2D eigenvalue weighted by Gasteiger charge is -2.44. The zero-order valence-electron chi connectivity index (χ0n) is 11.2. The molecule has 1 amide bonds. The minimum atomic E-state index is 0.0280. The van der Waals surface area contributed by atoms with Crippen LogP contribution in [0.15, 0.2) is 23.7 Å². The highest BCUT2D eigenvalue weighted by atomic mass is 32.1. The summed E-state index contributed by atoms with van der Waals surface area (Å²) in [6, 6.07) is 6.13. The van der Waals surface area contributed by atoms with Crippen LogP contribution in [0.3, 0.4) is 0 Å². The lowest BCUT2D eigenvalue weighted by atomic mass is 9.84. The maximum atomic E-state index is 12.5. The number of hydrogen-bond acceptors (Lipinski definition) is 4. The van der Waals surface area contributed by atoms with E-state index in [9.17, 15) is 4.79 Å². The molecule has 3 aliphatic rings. The molecule has 2 aromatic rings. The van der Waals surface area contributed by atoms with Gasteiger partial charge in [-0.1, -0.05) is 6.07 Å². The number of amides is 1. The number of hydrogen-bond donors (Lipinski definition) is 1. The molecule has 5 rings (SSSR count). The smallest absolute Gasteiger partial charge is 0.253 e. The Morgan fingerprint density at radius 3 is 2.95 bits per heavy atom. The number of benzene rings is 1. The second-order valence-electron chi connectivity index (χ2n) is 5.72. The van der Waals surface area contributed by atoms with Crippen LogP contribution in [0.5, 0.6) is 0 Å². The van der Waals surface area contributed by atoms with E-state index in [1.807, 2.05) is 18.2 Å². The number of thiazole rings is 1. The molecule has 1 N–H and O–H groups in total. The number of carbonyl (C=O) groups is 1. The molecule has 3 aliphatic heterocycles. The van der Waals surface area contributed by atoms with Crippen LogP contribution < -0.4 is 5.32 Å². The number of rotatable bonds is 2. The molecule has 4 heterocycles. The summed E-state index contributed by atoms with van der Waals surface area (Å²) in [5.74, 6) is 0.679. The number of nitrogens with one attached hydrogen (secondary N) is 1. The lowest BCUT2D eigenvalue weighted by molar-refractivity contribution is 0.0621. The first-order valence-electron chi connectivity index (χ1n) is 7.17. The van der Waals surface area contributed by atoms with E-state index in [4.69, 9.17) is 0 Å². The van der Waals surface area contributed by atoms with Crippen molar-refractivity contribution in [2.45, 2.75) is 18.9 Å². The van der Waals surface area contributed by atoms with Gasteiger partial charge in [0.2, 0.25) is 0 Å². The molecule has 104 valence electrons. The normalized spacial score (nSPS) is 28.7. The molecule has 3 fully saturated rings. The van der Waals surface area contributed by atoms with Gasteiger partial charge >= 0.3 is 0 Å². The quantitative estimate of drug-likeness (QED) is 0.920. The monoisotopic (exact) mass is 287 g/mol. The van der Waals surface area contributed by atoms with Crippen molar-refractivity contribution < 1.29 is 4.79 Å². The number of para-hydroxylation sites is 1.